The maximum Gasteiger partial charge on any atom is 0.405 e. The second-order valence-electron chi connectivity index (χ2n) is 12.3. The molecule has 9 heteroatoms. The smallest absolute Gasteiger partial charge is 0.405 e. The van der Waals surface area contributed by atoms with Crippen molar-refractivity contribution in [3.8, 4) is 22.6 Å². The molecule has 9 nitrogen and oxygen atoms in total. The summed E-state index contributed by atoms with van der Waals surface area (Å²) < 4.78 is 6.06. The van der Waals surface area contributed by atoms with Gasteiger partial charge in [-0.1, -0.05) is 98.8 Å². The van der Waals surface area contributed by atoms with E-state index in [0.29, 0.717) is 29.6 Å². The molecule has 2 atom stereocenters. The van der Waals surface area contributed by atoms with Crippen LogP contribution in [0.4, 0.5) is 4.79 Å². The summed E-state index contributed by atoms with van der Waals surface area (Å²) >= 11 is 0. The molecule has 1 amide bonds. The SMILES string of the molecule is O=C(O)NC(c1cccc(OCCCCCCCCCNC[C@H](O)c2ccc(O)c3[nH]c(=O)ccc23)c1)c1cccc(-c2ccccc2)c1. The predicted octanol–water partition coefficient (Wildman–Crippen LogP) is 7.69. The molecule has 0 radical (unpaired) electrons. The lowest BCUT2D eigenvalue weighted by atomic mass is 9.95. The second kappa shape index (κ2) is 17.9. The monoisotopic (exact) mass is 663 g/mol. The number of ether oxygens (including phenoxy) is 1. The van der Waals surface area contributed by atoms with E-state index < -0.39 is 18.2 Å². The molecule has 5 aromatic rings. The van der Waals surface area contributed by atoms with Gasteiger partial charge in [0, 0.05) is 18.0 Å². The molecule has 1 unspecified atom stereocenters. The highest BCUT2D eigenvalue weighted by atomic mass is 16.5. The van der Waals surface area contributed by atoms with Gasteiger partial charge in [-0.2, -0.15) is 0 Å². The minimum atomic E-state index is -1.09. The van der Waals surface area contributed by atoms with E-state index in [1.807, 2.05) is 78.9 Å². The highest BCUT2D eigenvalue weighted by molar-refractivity contribution is 5.87. The number of aliphatic hydroxyl groups is 1. The van der Waals surface area contributed by atoms with Gasteiger partial charge < -0.3 is 35.7 Å². The number of amides is 1. The van der Waals surface area contributed by atoms with Gasteiger partial charge in [0.15, 0.2) is 0 Å². The number of carboxylic acid groups (broad SMARTS) is 1. The number of aliphatic hydroxyl groups excluding tert-OH is 1. The Labute approximate surface area is 286 Å². The number of aromatic amines is 1. The summed E-state index contributed by atoms with van der Waals surface area (Å²) in [6.45, 7) is 1.79. The Kier molecular flexibility index (Phi) is 12.8. The third-order valence-corrected chi connectivity index (χ3v) is 8.66. The van der Waals surface area contributed by atoms with Crippen LogP contribution in [-0.2, 0) is 0 Å². The minimum absolute atomic E-state index is 0.0167. The fourth-order valence-corrected chi connectivity index (χ4v) is 6.12. The lowest BCUT2D eigenvalue weighted by molar-refractivity contribution is 0.176. The summed E-state index contributed by atoms with van der Waals surface area (Å²) in [7, 11) is 0. The van der Waals surface area contributed by atoms with Gasteiger partial charge in [-0.15, -0.1) is 0 Å². The molecule has 0 saturated carbocycles. The van der Waals surface area contributed by atoms with E-state index in [-0.39, 0.29) is 11.3 Å². The molecule has 0 aliphatic heterocycles. The zero-order valence-electron chi connectivity index (χ0n) is 27.6. The Hall–Kier alpha value is -5.12. The van der Waals surface area contributed by atoms with Gasteiger partial charge in [0.1, 0.15) is 11.5 Å². The van der Waals surface area contributed by atoms with Crippen molar-refractivity contribution >= 4 is 17.0 Å². The van der Waals surface area contributed by atoms with Crippen LogP contribution in [0.1, 0.15) is 73.8 Å². The van der Waals surface area contributed by atoms with Crippen molar-refractivity contribution in [1.82, 2.24) is 15.6 Å². The molecule has 0 spiro atoms. The van der Waals surface area contributed by atoms with Crippen molar-refractivity contribution in [2.45, 2.75) is 57.1 Å². The van der Waals surface area contributed by atoms with Crippen LogP contribution in [0.5, 0.6) is 11.5 Å². The normalized spacial score (nSPS) is 12.4. The number of pyridine rings is 1. The van der Waals surface area contributed by atoms with Crippen molar-refractivity contribution in [2.75, 3.05) is 19.7 Å². The first-order chi connectivity index (χ1) is 23.9. The summed E-state index contributed by atoms with van der Waals surface area (Å²) in [4.78, 5) is 26.0. The summed E-state index contributed by atoms with van der Waals surface area (Å²) in [5.41, 5.74) is 4.48. The van der Waals surface area contributed by atoms with Crippen LogP contribution in [0, 0.1) is 0 Å². The van der Waals surface area contributed by atoms with Gasteiger partial charge in [-0.05, 0) is 77.5 Å². The molecule has 0 bridgehead atoms. The van der Waals surface area contributed by atoms with Crippen LogP contribution < -0.4 is 20.9 Å². The van der Waals surface area contributed by atoms with Crippen LogP contribution in [0.2, 0.25) is 0 Å². The first-order valence-electron chi connectivity index (χ1n) is 17.0. The number of rotatable bonds is 18. The molecule has 1 aromatic heterocycles. The third kappa shape index (κ3) is 10.2. The number of carbonyl (C=O) groups is 1. The second-order valence-corrected chi connectivity index (χ2v) is 12.3. The fraction of sp³-hybridized carbons (Fsp3) is 0.300. The standard InChI is InChI=1S/C40H45N3O6/c44-35-21-19-33(34-20-22-37(46)42-39(34)35)36(45)27-41-23-9-4-2-1-3-5-10-24-49-32-18-12-17-31(26-32)38(43-40(47)48)30-16-11-15-29(25-30)28-13-7-6-8-14-28/h6-8,11-22,25-26,36,38,41,43-45H,1-5,9-10,23-24,27H2,(H,42,46)(H,47,48)/t36-,38?/m0/s1. The molecule has 0 aliphatic rings. The Morgan fingerprint density at radius 1 is 0.755 bits per heavy atom. The van der Waals surface area contributed by atoms with E-state index >= 15 is 0 Å². The summed E-state index contributed by atoms with van der Waals surface area (Å²) in [5, 5.41) is 37.0. The molecule has 256 valence electrons. The van der Waals surface area contributed by atoms with Crippen molar-refractivity contribution < 1.29 is 24.9 Å². The Bertz CT molecular complexity index is 1860. The number of phenols is 1. The molecule has 1 heterocycles. The molecular formula is C40H45N3O6. The number of H-pyrrole nitrogens is 1. The number of aromatic hydroxyl groups is 1. The molecule has 5 rings (SSSR count). The van der Waals surface area contributed by atoms with E-state index in [0.717, 1.165) is 79.5 Å². The van der Waals surface area contributed by atoms with E-state index in [9.17, 15) is 24.9 Å². The van der Waals surface area contributed by atoms with Crippen molar-refractivity contribution in [1.29, 1.82) is 0 Å². The zero-order valence-corrected chi connectivity index (χ0v) is 27.6. The Morgan fingerprint density at radius 2 is 1.45 bits per heavy atom. The van der Waals surface area contributed by atoms with Gasteiger partial charge in [-0.25, -0.2) is 4.79 Å². The number of aromatic nitrogens is 1. The fourth-order valence-electron chi connectivity index (χ4n) is 6.12. The lowest BCUT2D eigenvalue weighted by Gasteiger charge is -2.20. The van der Waals surface area contributed by atoms with Crippen LogP contribution in [0.25, 0.3) is 22.0 Å². The van der Waals surface area contributed by atoms with Crippen LogP contribution >= 0.6 is 0 Å². The van der Waals surface area contributed by atoms with Gasteiger partial charge >= 0.3 is 6.09 Å². The molecule has 0 aliphatic carbocycles. The quantitative estimate of drug-likeness (QED) is 0.0528. The first kappa shape index (κ1) is 35.2. The topological polar surface area (TPSA) is 144 Å². The van der Waals surface area contributed by atoms with Crippen molar-refractivity contribution in [3.63, 3.8) is 0 Å². The average Bonchev–Trinajstić information content (AvgIpc) is 3.12. The highest BCUT2D eigenvalue weighted by Gasteiger charge is 2.18. The highest BCUT2D eigenvalue weighted by Crippen LogP contribution is 2.30. The summed E-state index contributed by atoms with van der Waals surface area (Å²) in [6, 6.07) is 31.3. The van der Waals surface area contributed by atoms with E-state index in [1.165, 1.54) is 12.1 Å². The molecule has 49 heavy (non-hydrogen) atoms. The van der Waals surface area contributed by atoms with E-state index in [4.69, 9.17) is 4.74 Å². The van der Waals surface area contributed by atoms with Gasteiger partial charge in [-0.3, -0.25) is 4.79 Å². The number of hydrogen-bond acceptors (Lipinski definition) is 6. The Balaban J connectivity index is 0.981. The van der Waals surface area contributed by atoms with Crippen molar-refractivity contribution in [3.05, 3.63) is 130 Å². The number of phenolic OH excluding ortho intramolecular Hbond substituents is 1. The van der Waals surface area contributed by atoms with Crippen LogP contribution in [-0.4, -0.2) is 46.1 Å². The molecule has 0 saturated heterocycles. The lowest BCUT2D eigenvalue weighted by Crippen LogP contribution is -2.27. The molecule has 4 aromatic carbocycles. The number of benzene rings is 4. The number of nitrogens with one attached hydrogen (secondary N) is 3. The predicted molar refractivity (Wildman–Crippen MR) is 193 cm³/mol. The van der Waals surface area contributed by atoms with Crippen LogP contribution in [0.3, 0.4) is 0 Å². The largest absolute Gasteiger partial charge is 0.506 e. The van der Waals surface area contributed by atoms with Gasteiger partial charge in [0.2, 0.25) is 5.56 Å². The number of unbranched alkanes of at least 4 members (excludes halogenated alkanes) is 6. The van der Waals surface area contributed by atoms with Gasteiger partial charge in [0.05, 0.1) is 24.3 Å². The average molecular weight is 664 g/mol. The maximum atomic E-state index is 11.7. The van der Waals surface area contributed by atoms with Crippen molar-refractivity contribution in [2.24, 2.45) is 0 Å². The summed E-state index contributed by atoms with van der Waals surface area (Å²) in [5.74, 6) is 0.706. The van der Waals surface area contributed by atoms with E-state index in [1.54, 1.807) is 12.1 Å². The molecule has 6 N–H and O–H groups in total. The van der Waals surface area contributed by atoms with Gasteiger partial charge in [0.25, 0.3) is 0 Å². The van der Waals surface area contributed by atoms with E-state index in [2.05, 4.69) is 15.6 Å². The number of fused-ring (bicyclic) bond motifs is 1. The molecular weight excluding hydrogens is 618 g/mol. The number of hydrogen-bond donors (Lipinski definition) is 6. The zero-order chi connectivity index (χ0) is 34.4. The minimum Gasteiger partial charge on any atom is -0.506 e. The molecule has 0 fully saturated rings. The Morgan fingerprint density at radius 3 is 2.22 bits per heavy atom. The first-order valence-corrected chi connectivity index (χ1v) is 17.0. The third-order valence-electron chi connectivity index (χ3n) is 8.66. The van der Waals surface area contributed by atoms with Crippen LogP contribution in [0.15, 0.2) is 108 Å². The maximum absolute atomic E-state index is 11.7. The summed E-state index contributed by atoms with van der Waals surface area (Å²) in [6.07, 6.45) is 5.74.